The Balaban J connectivity index is 2.02. The number of hydrogen-bond donors (Lipinski definition) is 0. The van der Waals surface area contributed by atoms with Crippen molar-refractivity contribution in [2.45, 2.75) is 18.9 Å². The minimum absolute atomic E-state index is 0.512. The van der Waals surface area contributed by atoms with Gasteiger partial charge in [-0.05, 0) is 43.2 Å². The first-order valence-electron chi connectivity index (χ1n) is 6.33. The Kier molecular flexibility index (Phi) is 2.04. The van der Waals surface area contributed by atoms with Crippen molar-refractivity contribution in [3.05, 3.63) is 42.2 Å². The average molecular weight is 249 g/mol. The number of furan rings is 1. The highest BCUT2D eigenvalue weighted by Crippen LogP contribution is 2.41. The highest BCUT2D eigenvalue weighted by atomic mass is 16.3. The number of imidazole rings is 1. The molecule has 92 valence electrons. The van der Waals surface area contributed by atoms with Crippen molar-refractivity contribution >= 4 is 11.0 Å². The minimum atomic E-state index is 0.512. The Morgan fingerprint density at radius 3 is 2.89 bits per heavy atom. The van der Waals surface area contributed by atoms with Gasteiger partial charge >= 0.3 is 0 Å². The van der Waals surface area contributed by atoms with E-state index < -0.39 is 0 Å². The van der Waals surface area contributed by atoms with Gasteiger partial charge in [-0.2, -0.15) is 5.26 Å². The van der Waals surface area contributed by atoms with Crippen molar-refractivity contribution in [1.82, 2.24) is 9.55 Å². The van der Waals surface area contributed by atoms with Gasteiger partial charge in [0.05, 0.1) is 28.9 Å². The van der Waals surface area contributed by atoms with E-state index in [1.165, 1.54) is 12.8 Å². The summed E-state index contributed by atoms with van der Waals surface area (Å²) in [7, 11) is 0. The van der Waals surface area contributed by atoms with Crippen LogP contribution in [0.4, 0.5) is 0 Å². The summed E-state index contributed by atoms with van der Waals surface area (Å²) in [6.07, 6.45) is 4.02. The van der Waals surface area contributed by atoms with Crippen LogP contribution in [0, 0.1) is 11.3 Å². The maximum Gasteiger partial charge on any atom is 0.177 e. The third kappa shape index (κ3) is 1.55. The van der Waals surface area contributed by atoms with Crippen LogP contribution >= 0.6 is 0 Å². The number of nitriles is 1. The monoisotopic (exact) mass is 249 g/mol. The fourth-order valence-corrected chi connectivity index (χ4v) is 2.45. The number of rotatable bonds is 2. The van der Waals surface area contributed by atoms with E-state index in [1.54, 1.807) is 6.26 Å². The molecule has 4 heteroatoms. The zero-order valence-corrected chi connectivity index (χ0v) is 10.2. The van der Waals surface area contributed by atoms with Crippen molar-refractivity contribution in [1.29, 1.82) is 5.26 Å². The Labute approximate surface area is 109 Å². The van der Waals surface area contributed by atoms with Crippen molar-refractivity contribution in [2.24, 2.45) is 0 Å². The van der Waals surface area contributed by atoms with E-state index in [9.17, 15) is 0 Å². The molecule has 0 bridgehead atoms. The van der Waals surface area contributed by atoms with E-state index in [-0.39, 0.29) is 0 Å². The lowest BCUT2D eigenvalue weighted by Gasteiger charge is -2.05. The Morgan fingerprint density at radius 1 is 1.32 bits per heavy atom. The van der Waals surface area contributed by atoms with Crippen molar-refractivity contribution in [2.75, 3.05) is 0 Å². The zero-order valence-electron chi connectivity index (χ0n) is 10.2. The summed E-state index contributed by atoms with van der Waals surface area (Å²) in [5.41, 5.74) is 2.57. The molecule has 3 aromatic rings. The quantitative estimate of drug-likeness (QED) is 0.698. The number of fused-ring (bicyclic) bond motifs is 1. The van der Waals surface area contributed by atoms with E-state index in [4.69, 9.17) is 9.68 Å². The summed E-state index contributed by atoms with van der Waals surface area (Å²) in [4.78, 5) is 4.64. The summed E-state index contributed by atoms with van der Waals surface area (Å²) < 4.78 is 7.71. The number of nitrogens with zero attached hydrogens (tertiary/aromatic N) is 3. The predicted octanol–water partition coefficient (Wildman–Crippen LogP) is 3.50. The first-order chi connectivity index (χ1) is 9.36. The van der Waals surface area contributed by atoms with Crippen LogP contribution in [0.3, 0.4) is 0 Å². The Morgan fingerprint density at radius 2 is 2.21 bits per heavy atom. The molecule has 0 amide bonds. The molecule has 0 spiro atoms. The van der Waals surface area contributed by atoms with E-state index in [0.29, 0.717) is 11.6 Å². The van der Waals surface area contributed by atoms with E-state index >= 15 is 0 Å². The highest BCUT2D eigenvalue weighted by Gasteiger charge is 2.29. The standard InChI is InChI=1S/C15H11N3O/c16-9-10-3-6-13-12(8-10)17-15(14-2-1-7-19-14)18(13)11-4-5-11/h1-3,6-8,11H,4-5H2. The molecule has 0 aliphatic heterocycles. The summed E-state index contributed by atoms with van der Waals surface area (Å²) >= 11 is 0. The zero-order chi connectivity index (χ0) is 12.8. The smallest absolute Gasteiger partial charge is 0.177 e. The van der Waals surface area contributed by atoms with Gasteiger partial charge in [-0.3, -0.25) is 0 Å². The molecule has 1 fully saturated rings. The molecule has 4 rings (SSSR count). The van der Waals surface area contributed by atoms with Gasteiger partial charge in [-0.15, -0.1) is 0 Å². The van der Waals surface area contributed by atoms with Crippen LogP contribution in [0.25, 0.3) is 22.6 Å². The summed E-state index contributed by atoms with van der Waals surface area (Å²) in [6.45, 7) is 0. The van der Waals surface area contributed by atoms with Crippen LogP contribution in [-0.4, -0.2) is 9.55 Å². The Bertz CT molecular complexity index is 789. The van der Waals surface area contributed by atoms with E-state index in [2.05, 4.69) is 15.6 Å². The SMILES string of the molecule is N#Cc1ccc2c(c1)nc(-c1ccco1)n2C1CC1. The molecule has 1 aromatic carbocycles. The van der Waals surface area contributed by atoms with Crippen LogP contribution in [0.1, 0.15) is 24.4 Å². The second-order valence-electron chi connectivity index (χ2n) is 4.83. The molecule has 1 aliphatic carbocycles. The van der Waals surface area contributed by atoms with Gasteiger partial charge < -0.3 is 8.98 Å². The van der Waals surface area contributed by atoms with Gasteiger partial charge in [0.2, 0.25) is 0 Å². The molecule has 1 saturated carbocycles. The Hall–Kier alpha value is -2.54. The second-order valence-corrected chi connectivity index (χ2v) is 4.83. The normalized spacial score (nSPS) is 14.7. The van der Waals surface area contributed by atoms with Gasteiger partial charge in [0.15, 0.2) is 11.6 Å². The lowest BCUT2D eigenvalue weighted by Crippen LogP contribution is -1.96. The first-order valence-corrected chi connectivity index (χ1v) is 6.33. The van der Waals surface area contributed by atoms with E-state index in [1.807, 2.05) is 30.3 Å². The minimum Gasteiger partial charge on any atom is -0.461 e. The number of aromatic nitrogens is 2. The van der Waals surface area contributed by atoms with Crippen LogP contribution in [0.2, 0.25) is 0 Å². The maximum absolute atomic E-state index is 8.98. The van der Waals surface area contributed by atoms with Gasteiger partial charge in [0.1, 0.15) is 0 Å². The van der Waals surface area contributed by atoms with Crippen molar-refractivity contribution in [3.63, 3.8) is 0 Å². The molecule has 1 aliphatic rings. The summed E-state index contributed by atoms with van der Waals surface area (Å²) in [5, 5.41) is 8.98. The number of hydrogen-bond acceptors (Lipinski definition) is 3. The molecule has 0 N–H and O–H groups in total. The highest BCUT2D eigenvalue weighted by molar-refractivity contribution is 5.81. The molecule has 19 heavy (non-hydrogen) atoms. The fraction of sp³-hybridized carbons (Fsp3) is 0.200. The lowest BCUT2D eigenvalue weighted by molar-refractivity contribution is 0.570. The molecule has 2 aromatic heterocycles. The summed E-state index contributed by atoms with van der Waals surface area (Å²) in [6, 6.07) is 12.1. The van der Waals surface area contributed by atoms with Gasteiger partial charge in [0, 0.05) is 6.04 Å². The maximum atomic E-state index is 8.98. The van der Waals surface area contributed by atoms with Crippen molar-refractivity contribution < 1.29 is 4.42 Å². The van der Waals surface area contributed by atoms with E-state index in [0.717, 1.165) is 22.6 Å². The third-order valence-corrected chi connectivity index (χ3v) is 3.47. The van der Waals surface area contributed by atoms with Crippen LogP contribution in [0.15, 0.2) is 41.0 Å². The second kappa shape index (κ2) is 3.72. The molecular formula is C15H11N3O. The molecule has 2 heterocycles. The van der Waals surface area contributed by atoms with Gasteiger partial charge in [-0.25, -0.2) is 4.98 Å². The molecular weight excluding hydrogens is 238 g/mol. The summed E-state index contributed by atoms with van der Waals surface area (Å²) in [5.74, 6) is 1.64. The molecule has 4 nitrogen and oxygen atoms in total. The first kappa shape index (κ1) is 10.4. The lowest BCUT2D eigenvalue weighted by atomic mass is 10.2. The fourth-order valence-electron chi connectivity index (χ4n) is 2.45. The average Bonchev–Trinajstić information content (AvgIpc) is 3.01. The van der Waals surface area contributed by atoms with Crippen LogP contribution in [-0.2, 0) is 0 Å². The molecule has 0 unspecified atom stereocenters. The van der Waals surface area contributed by atoms with Crippen LogP contribution < -0.4 is 0 Å². The molecule has 0 radical (unpaired) electrons. The van der Waals surface area contributed by atoms with Crippen molar-refractivity contribution in [3.8, 4) is 17.7 Å². The molecule has 0 saturated heterocycles. The largest absolute Gasteiger partial charge is 0.461 e. The van der Waals surface area contributed by atoms with Gasteiger partial charge in [-0.1, -0.05) is 0 Å². The van der Waals surface area contributed by atoms with Crippen LogP contribution in [0.5, 0.6) is 0 Å². The predicted molar refractivity (Wildman–Crippen MR) is 70.4 cm³/mol. The van der Waals surface area contributed by atoms with Gasteiger partial charge in [0.25, 0.3) is 0 Å². The number of benzene rings is 1. The molecule has 0 atom stereocenters. The third-order valence-electron chi connectivity index (χ3n) is 3.47. The topological polar surface area (TPSA) is 54.8 Å².